The van der Waals surface area contributed by atoms with Crippen LogP contribution in [-0.2, 0) is 23.0 Å². The Labute approximate surface area is 177 Å². The second-order valence-corrected chi connectivity index (χ2v) is 9.52. The summed E-state index contributed by atoms with van der Waals surface area (Å²) in [5.74, 6) is -0.780. The molecule has 8 nitrogen and oxygen atoms in total. The van der Waals surface area contributed by atoms with Crippen LogP contribution < -0.4 is 9.21 Å². The van der Waals surface area contributed by atoms with Gasteiger partial charge in [-0.1, -0.05) is 6.07 Å². The van der Waals surface area contributed by atoms with Gasteiger partial charge >= 0.3 is 6.43 Å². The van der Waals surface area contributed by atoms with E-state index < -0.39 is 22.3 Å². The molecule has 11 heteroatoms. The molecular formula is C20H19F2N5O3S. The average molecular weight is 447 g/mol. The number of sulfonamides is 1. The molecule has 0 saturated carbocycles. The van der Waals surface area contributed by atoms with Gasteiger partial charge in [0.15, 0.2) is 0 Å². The van der Waals surface area contributed by atoms with Gasteiger partial charge in [-0.15, -0.1) is 10.2 Å². The lowest BCUT2D eigenvalue weighted by Gasteiger charge is -2.36. The maximum atomic E-state index is 12.8. The quantitative estimate of drug-likeness (QED) is 0.593. The van der Waals surface area contributed by atoms with Crippen LogP contribution in [-0.4, -0.2) is 42.4 Å². The highest BCUT2D eigenvalue weighted by Gasteiger charge is 2.31. The van der Waals surface area contributed by atoms with Crippen LogP contribution in [0.25, 0.3) is 11.5 Å². The molecule has 0 spiro atoms. The van der Waals surface area contributed by atoms with Crippen molar-refractivity contribution in [2.24, 2.45) is 0 Å². The lowest BCUT2D eigenvalue weighted by molar-refractivity contribution is 0.116. The number of halogens is 2. The first-order chi connectivity index (χ1) is 14.9. The third kappa shape index (κ3) is 3.73. The lowest BCUT2D eigenvalue weighted by Crippen LogP contribution is -2.39. The van der Waals surface area contributed by atoms with E-state index in [0.717, 1.165) is 30.8 Å². The van der Waals surface area contributed by atoms with E-state index in [0.29, 0.717) is 23.4 Å². The molecule has 3 aromatic rings. The second-order valence-electron chi connectivity index (χ2n) is 7.51. The van der Waals surface area contributed by atoms with Crippen LogP contribution in [0.15, 0.2) is 40.9 Å². The molecule has 0 atom stereocenters. The SMILES string of the molecule is O=S1(=O)CCc2ccc(N3CCC3)cc2N1Cc1ccc(-c2nnc(C(F)F)o2)cn1. The molecule has 1 fully saturated rings. The maximum absolute atomic E-state index is 12.8. The first kappa shape index (κ1) is 19.9. The summed E-state index contributed by atoms with van der Waals surface area (Å²) in [4.78, 5) is 6.51. The number of aryl methyl sites for hydroxylation is 1. The number of rotatable bonds is 5. The standard InChI is InChI=1S/C20H19F2N5O3S/c21-18(22)20-25-24-19(30-20)14-2-4-15(23-11-14)12-27-17-10-16(26-7-1-8-26)5-3-13(17)6-9-31(27,28)29/h2-5,10-11,18H,1,6-9,12H2. The van der Waals surface area contributed by atoms with Gasteiger partial charge in [0.2, 0.25) is 15.9 Å². The molecular weight excluding hydrogens is 428 g/mol. The van der Waals surface area contributed by atoms with Crippen molar-refractivity contribution >= 4 is 21.4 Å². The van der Waals surface area contributed by atoms with Gasteiger partial charge in [-0.05, 0) is 42.7 Å². The highest BCUT2D eigenvalue weighted by Crippen LogP contribution is 2.35. The van der Waals surface area contributed by atoms with Gasteiger partial charge < -0.3 is 9.32 Å². The summed E-state index contributed by atoms with van der Waals surface area (Å²) < 4.78 is 57.3. The number of hydrogen-bond acceptors (Lipinski definition) is 7. The van der Waals surface area contributed by atoms with E-state index >= 15 is 0 Å². The van der Waals surface area contributed by atoms with E-state index in [2.05, 4.69) is 20.1 Å². The van der Waals surface area contributed by atoms with Crippen LogP contribution >= 0.6 is 0 Å². The normalized spacial score (nSPS) is 17.5. The maximum Gasteiger partial charge on any atom is 0.314 e. The summed E-state index contributed by atoms with van der Waals surface area (Å²) in [7, 11) is -3.48. The van der Waals surface area contributed by atoms with Crippen molar-refractivity contribution in [2.75, 3.05) is 28.0 Å². The second kappa shape index (κ2) is 7.56. The lowest BCUT2D eigenvalue weighted by atomic mass is 10.1. The van der Waals surface area contributed by atoms with Crippen molar-refractivity contribution in [3.63, 3.8) is 0 Å². The predicted octanol–water partition coefficient (Wildman–Crippen LogP) is 3.17. The number of nitrogens with zero attached hydrogens (tertiary/aromatic N) is 5. The first-order valence-electron chi connectivity index (χ1n) is 9.86. The smallest absolute Gasteiger partial charge is 0.314 e. The van der Waals surface area contributed by atoms with Crippen LogP contribution in [0.5, 0.6) is 0 Å². The zero-order valence-electron chi connectivity index (χ0n) is 16.4. The minimum absolute atomic E-state index is 0.0412. The molecule has 0 amide bonds. The van der Waals surface area contributed by atoms with Crippen molar-refractivity contribution in [1.82, 2.24) is 15.2 Å². The highest BCUT2D eigenvalue weighted by molar-refractivity contribution is 7.92. The van der Waals surface area contributed by atoms with Crippen molar-refractivity contribution in [1.29, 1.82) is 0 Å². The third-order valence-electron chi connectivity index (χ3n) is 5.53. The molecule has 2 aliphatic heterocycles. The molecule has 1 saturated heterocycles. The van der Waals surface area contributed by atoms with E-state index in [-0.39, 0.29) is 18.2 Å². The van der Waals surface area contributed by atoms with E-state index in [1.54, 1.807) is 12.1 Å². The fraction of sp³-hybridized carbons (Fsp3) is 0.350. The Bertz CT molecular complexity index is 1210. The minimum atomic E-state index is -3.48. The molecule has 2 aliphatic rings. The molecule has 2 aromatic heterocycles. The molecule has 31 heavy (non-hydrogen) atoms. The van der Waals surface area contributed by atoms with Crippen LogP contribution in [0.1, 0.15) is 30.0 Å². The molecule has 0 unspecified atom stereocenters. The summed E-state index contributed by atoms with van der Waals surface area (Å²) in [6, 6.07) is 9.20. The Kier molecular flexibility index (Phi) is 4.84. The predicted molar refractivity (Wildman–Crippen MR) is 109 cm³/mol. The number of aromatic nitrogens is 3. The Balaban J connectivity index is 1.42. The molecule has 0 aliphatic carbocycles. The molecule has 0 radical (unpaired) electrons. The van der Waals surface area contributed by atoms with E-state index in [9.17, 15) is 17.2 Å². The summed E-state index contributed by atoms with van der Waals surface area (Å²) in [5, 5.41) is 6.90. The van der Waals surface area contributed by atoms with Crippen LogP contribution in [0.3, 0.4) is 0 Å². The number of anilines is 2. The summed E-state index contributed by atoms with van der Waals surface area (Å²) in [6.45, 7) is 2.01. The van der Waals surface area contributed by atoms with Gasteiger partial charge in [-0.3, -0.25) is 9.29 Å². The Morgan fingerprint density at radius 1 is 1.13 bits per heavy atom. The van der Waals surface area contributed by atoms with Gasteiger partial charge in [0.25, 0.3) is 5.89 Å². The number of benzene rings is 1. The number of hydrogen-bond donors (Lipinski definition) is 0. The van der Waals surface area contributed by atoms with Crippen molar-refractivity contribution in [2.45, 2.75) is 25.8 Å². The van der Waals surface area contributed by atoms with Crippen LogP contribution in [0.2, 0.25) is 0 Å². The zero-order chi connectivity index (χ0) is 21.6. The van der Waals surface area contributed by atoms with Crippen LogP contribution in [0, 0.1) is 0 Å². The van der Waals surface area contributed by atoms with Gasteiger partial charge in [0, 0.05) is 25.0 Å². The topological polar surface area (TPSA) is 92.4 Å². The van der Waals surface area contributed by atoms with Crippen molar-refractivity contribution in [3.8, 4) is 11.5 Å². The minimum Gasteiger partial charge on any atom is -0.415 e. The largest absolute Gasteiger partial charge is 0.415 e. The molecule has 0 N–H and O–H groups in total. The van der Waals surface area contributed by atoms with Gasteiger partial charge in [0.1, 0.15) is 0 Å². The average Bonchev–Trinajstić information content (AvgIpc) is 3.20. The fourth-order valence-corrected chi connectivity index (χ4v) is 5.18. The van der Waals surface area contributed by atoms with E-state index in [4.69, 9.17) is 4.42 Å². The third-order valence-corrected chi connectivity index (χ3v) is 7.25. The number of alkyl halides is 2. The Morgan fingerprint density at radius 3 is 2.61 bits per heavy atom. The summed E-state index contributed by atoms with van der Waals surface area (Å²) >= 11 is 0. The van der Waals surface area contributed by atoms with Gasteiger partial charge in [-0.25, -0.2) is 8.42 Å². The van der Waals surface area contributed by atoms with Crippen molar-refractivity contribution < 1.29 is 21.6 Å². The number of fused-ring (bicyclic) bond motifs is 1. The van der Waals surface area contributed by atoms with Crippen molar-refractivity contribution in [3.05, 3.63) is 53.7 Å². The van der Waals surface area contributed by atoms with Gasteiger partial charge in [0.05, 0.1) is 29.2 Å². The fourth-order valence-electron chi connectivity index (χ4n) is 3.68. The molecule has 0 bridgehead atoms. The summed E-state index contributed by atoms with van der Waals surface area (Å²) in [5.41, 5.74) is 3.58. The molecule has 162 valence electrons. The van der Waals surface area contributed by atoms with Gasteiger partial charge in [-0.2, -0.15) is 8.78 Å². The molecule has 1 aromatic carbocycles. The Hall–Kier alpha value is -3.08. The van der Waals surface area contributed by atoms with E-state index in [1.165, 1.54) is 10.5 Å². The number of pyridine rings is 1. The molecule has 4 heterocycles. The monoisotopic (exact) mass is 447 g/mol. The zero-order valence-corrected chi connectivity index (χ0v) is 17.2. The van der Waals surface area contributed by atoms with Crippen LogP contribution in [0.4, 0.5) is 20.2 Å². The van der Waals surface area contributed by atoms with E-state index in [1.807, 2.05) is 18.2 Å². The molecule has 5 rings (SSSR count). The highest BCUT2D eigenvalue weighted by atomic mass is 32.2. The summed E-state index contributed by atoms with van der Waals surface area (Å²) in [6.07, 6.45) is 0.170. The first-order valence-corrected chi connectivity index (χ1v) is 11.5. The Morgan fingerprint density at radius 2 is 1.97 bits per heavy atom.